The van der Waals surface area contributed by atoms with Gasteiger partial charge in [-0.2, -0.15) is 11.1 Å². The summed E-state index contributed by atoms with van der Waals surface area (Å²) in [4.78, 5) is 0. The predicted molar refractivity (Wildman–Crippen MR) is 134 cm³/mol. The molecule has 1 aromatic carbocycles. The molecule has 2 rings (SSSR count). The zero-order chi connectivity index (χ0) is 23.3. The molecule has 1 unspecified atom stereocenters. The average molecular weight is 475 g/mol. The molecule has 1 aromatic rings. The quantitative estimate of drug-likeness (QED) is 0.192. The molecule has 0 fully saturated rings. The van der Waals surface area contributed by atoms with Gasteiger partial charge in [-0.3, -0.25) is 6.08 Å². The number of hydrogen-bond donors (Lipinski definition) is 0. The van der Waals surface area contributed by atoms with Crippen molar-refractivity contribution in [1.29, 1.82) is 0 Å². The number of hydrogen-bond acceptors (Lipinski definition) is 2. The van der Waals surface area contributed by atoms with Crippen LogP contribution in [0, 0.1) is 17.4 Å². The molecule has 4 heteroatoms. The maximum Gasteiger partial charge on any atom is 0.126 e. The normalized spacial score (nSPS) is 16.2. The number of para-hydroxylation sites is 1. The Kier molecular flexibility index (Phi) is 16.8. The molecular weight excluding hydrogens is 432 g/mol. The van der Waals surface area contributed by atoms with Gasteiger partial charge in [-0.05, 0) is 36.1 Å². The first-order valence-electron chi connectivity index (χ1n) is 10.6. The van der Waals surface area contributed by atoms with Gasteiger partial charge in [0.05, 0.1) is 19.1 Å². The van der Waals surface area contributed by atoms with Crippen LogP contribution in [0.3, 0.4) is 0 Å². The second-order valence-electron chi connectivity index (χ2n) is 8.59. The fourth-order valence-corrected chi connectivity index (χ4v) is 2.50. The zero-order valence-electron chi connectivity index (χ0n) is 21.5. The van der Waals surface area contributed by atoms with Crippen LogP contribution in [0.15, 0.2) is 70.7 Å². The summed E-state index contributed by atoms with van der Waals surface area (Å²) >= 11 is 0. The number of allylic oxidation sites excluding steroid dienone is 7. The first-order valence-corrected chi connectivity index (χ1v) is 12.9. The summed E-state index contributed by atoms with van der Waals surface area (Å²) < 4.78 is 10.9. The van der Waals surface area contributed by atoms with Gasteiger partial charge in [0.25, 0.3) is 0 Å². The first-order chi connectivity index (χ1) is 14.0. The van der Waals surface area contributed by atoms with E-state index in [4.69, 9.17) is 9.47 Å². The SMILES string of the molecule is CC1=[C-]C(C)C(C)=C1C.COC(C)=CC(=COc1ccccc1)C(C)(C)C.C[SiH]C.[Ti]. The molecule has 0 saturated carbocycles. The van der Waals surface area contributed by atoms with Crippen LogP contribution in [0.2, 0.25) is 13.1 Å². The van der Waals surface area contributed by atoms with Gasteiger partial charge in [0.2, 0.25) is 0 Å². The second kappa shape index (κ2) is 16.4. The molecule has 31 heavy (non-hydrogen) atoms. The topological polar surface area (TPSA) is 18.5 Å². The van der Waals surface area contributed by atoms with Crippen molar-refractivity contribution in [2.24, 2.45) is 11.3 Å². The molecule has 0 saturated heterocycles. The van der Waals surface area contributed by atoms with Gasteiger partial charge in [-0.25, -0.2) is 5.57 Å². The summed E-state index contributed by atoms with van der Waals surface area (Å²) in [5, 5.41) is 0. The van der Waals surface area contributed by atoms with Crippen molar-refractivity contribution in [2.75, 3.05) is 7.11 Å². The Labute approximate surface area is 209 Å². The Morgan fingerprint density at radius 3 is 1.90 bits per heavy atom. The van der Waals surface area contributed by atoms with E-state index in [0.29, 0.717) is 5.92 Å². The van der Waals surface area contributed by atoms with Gasteiger partial charge < -0.3 is 9.47 Å². The molecule has 0 aliphatic heterocycles. The average Bonchev–Trinajstić information content (AvgIpc) is 2.91. The van der Waals surface area contributed by atoms with Gasteiger partial charge in [-0.15, -0.1) is 6.92 Å². The molecule has 1 radical (unpaired) electrons. The minimum atomic E-state index is 0. The second-order valence-corrected chi connectivity index (χ2v) is 9.74. The van der Waals surface area contributed by atoms with Crippen LogP contribution >= 0.6 is 0 Å². The molecule has 0 amide bonds. The molecule has 1 aliphatic carbocycles. The fraction of sp³-hybridized carbons (Fsp3) is 0.481. The number of rotatable bonds is 4. The van der Waals surface area contributed by atoms with Crippen molar-refractivity contribution in [1.82, 2.24) is 0 Å². The molecule has 0 N–H and O–H groups in total. The van der Waals surface area contributed by atoms with Crippen molar-refractivity contribution in [3.8, 4) is 5.75 Å². The van der Waals surface area contributed by atoms with Crippen LogP contribution < -0.4 is 4.74 Å². The van der Waals surface area contributed by atoms with Crippen LogP contribution in [0.5, 0.6) is 5.75 Å². The maximum absolute atomic E-state index is 5.68. The number of ether oxygens (including phenoxy) is 2. The van der Waals surface area contributed by atoms with Crippen molar-refractivity contribution in [2.45, 2.75) is 68.5 Å². The predicted octanol–water partition coefficient (Wildman–Crippen LogP) is 7.78. The summed E-state index contributed by atoms with van der Waals surface area (Å²) in [7, 11) is 2.42. The minimum Gasteiger partial charge on any atom is -0.501 e. The molecular formula is C27H42O2SiTi-. The summed E-state index contributed by atoms with van der Waals surface area (Å²) in [6.45, 7) is 21.5. The molecule has 1 aliphatic rings. The Morgan fingerprint density at radius 2 is 1.58 bits per heavy atom. The number of methoxy groups -OCH3 is 1. The first kappa shape index (κ1) is 31.9. The largest absolute Gasteiger partial charge is 0.501 e. The smallest absolute Gasteiger partial charge is 0.126 e. The van der Waals surface area contributed by atoms with E-state index in [9.17, 15) is 0 Å². The van der Waals surface area contributed by atoms with E-state index in [1.165, 1.54) is 16.7 Å². The Morgan fingerprint density at radius 1 is 1.06 bits per heavy atom. The summed E-state index contributed by atoms with van der Waals surface area (Å²) in [6.07, 6.45) is 7.15. The van der Waals surface area contributed by atoms with Gasteiger partial charge in [0.1, 0.15) is 5.75 Å². The van der Waals surface area contributed by atoms with Crippen LogP contribution in [-0.4, -0.2) is 16.6 Å². The van der Waals surface area contributed by atoms with E-state index in [0.717, 1.165) is 26.6 Å². The number of benzene rings is 1. The summed E-state index contributed by atoms with van der Waals surface area (Å²) in [5.41, 5.74) is 5.34. The standard InChI is InChI=1S/C16H22O2.C9H13.C2H7Si.Ti/c1-13(17-5)11-14(16(2,3)4)12-18-15-9-7-6-8-10-15;1-6-5-7(2)9(4)8(6)3;1-3-2;/h6-12H,1-5H3;6H,1-4H3;3H,1-2H3;/q;-1;;. The maximum atomic E-state index is 5.68. The Hall–Kier alpha value is -1.29. The van der Waals surface area contributed by atoms with E-state index in [1.807, 2.05) is 43.3 Å². The molecule has 0 aromatic heterocycles. The van der Waals surface area contributed by atoms with E-state index < -0.39 is 0 Å². The van der Waals surface area contributed by atoms with Crippen molar-refractivity contribution < 1.29 is 31.2 Å². The van der Waals surface area contributed by atoms with Crippen molar-refractivity contribution in [3.05, 3.63) is 76.8 Å². The third kappa shape index (κ3) is 13.0. The van der Waals surface area contributed by atoms with Gasteiger partial charge >= 0.3 is 0 Å². The Bertz CT molecular complexity index is 753. The van der Waals surface area contributed by atoms with Gasteiger partial charge in [0, 0.05) is 31.2 Å². The minimum absolute atomic E-state index is 0. The third-order valence-electron chi connectivity index (χ3n) is 4.85. The molecule has 0 bridgehead atoms. The van der Waals surface area contributed by atoms with Crippen molar-refractivity contribution >= 4 is 9.52 Å². The summed E-state index contributed by atoms with van der Waals surface area (Å²) in [5.74, 6) is 2.26. The van der Waals surface area contributed by atoms with E-state index in [2.05, 4.69) is 67.6 Å². The van der Waals surface area contributed by atoms with Crippen LogP contribution in [0.25, 0.3) is 0 Å². The molecule has 0 spiro atoms. The molecule has 1 atom stereocenters. The van der Waals surface area contributed by atoms with Gasteiger partial charge in [0.15, 0.2) is 0 Å². The van der Waals surface area contributed by atoms with Crippen molar-refractivity contribution in [3.63, 3.8) is 0 Å². The molecule has 0 heterocycles. The van der Waals surface area contributed by atoms with Crippen LogP contribution in [0.4, 0.5) is 0 Å². The Balaban J connectivity index is 0. The third-order valence-corrected chi connectivity index (χ3v) is 4.85. The van der Waals surface area contributed by atoms with E-state index in [1.54, 1.807) is 13.4 Å². The fourth-order valence-electron chi connectivity index (χ4n) is 2.50. The monoisotopic (exact) mass is 474 g/mol. The van der Waals surface area contributed by atoms with Crippen LogP contribution in [-0.2, 0) is 26.5 Å². The van der Waals surface area contributed by atoms with Gasteiger partial charge in [-0.1, -0.05) is 78.8 Å². The molecule has 2 nitrogen and oxygen atoms in total. The summed E-state index contributed by atoms with van der Waals surface area (Å²) in [6, 6.07) is 9.75. The van der Waals surface area contributed by atoms with E-state index in [-0.39, 0.29) is 27.1 Å². The molecule has 171 valence electrons. The zero-order valence-corrected chi connectivity index (χ0v) is 24.2. The van der Waals surface area contributed by atoms with Crippen LogP contribution in [0.1, 0.15) is 55.4 Å². The van der Waals surface area contributed by atoms with E-state index >= 15 is 0 Å².